The summed E-state index contributed by atoms with van der Waals surface area (Å²) in [5.74, 6) is 2.11. The zero-order valence-corrected chi connectivity index (χ0v) is 36.0. The van der Waals surface area contributed by atoms with Gasteiger partial charge in [0, 0.05) is 33.9 Å². The van der Waals surface area contributed by atoms with Crippen LogP contribution in [0.1, 0.15) is 38.9 Å². The monoisotopic (exact) mass is 830 g/mol. The van der Waals surface area contributed by atoms with E-state index in [-0.39, 0.29) is 0 Å². The van der Waals surface area contributed by atoms with Gasteiger partial charge in [-0.3, -0.25) is 0 Å². The van der Waals surface area contributed by atoms with E-state index in [1.807, 2.05) is 60.7 Å². The normalized spacial score (nSPS) is 12.5. The predicted molar refractivity (Wildman–Crippen MR) is 266 cm³/mol. The fourth-order valence-corrected chi connectivity index (χ4v) is 10.7. The Bertz CT molecular complexity index is 3640. The molecule has 0 radical (unpaired) electrons. The van der Waals surface area contributed by atoms with E-state index in [9.17, 15) is 0 Å². The van der Waals surface area contributed by atoms with Crippen molar-refractivity contribution in [3.63, 3.8) is 0 Å². The maximum Gasteiger partial charge on any atom is 0.164 e. The highest BCUT2D eigenvalue weighted by Crippen LogP contribution is 2.46. The third-order valence-corrected chi connectivity index (χ3v) is 13.7. The van der Waals surface area contributed by atoms with E-state index in [0.29, 0.717) is 11.6 Å². The number of para-hydroxylation sites is 1. The molecule has 2 aromatic heterocycles. The number of rotatable bonds is 4. The molecule has 0 spiro atoms. The minimum Gasteiger partial charge on any atom is -0.309 e. The summed E-state index contributed by atoms with van der Waals surface area (Å²) in [5.41, 5.74) is 24.7. The van der Waals surface area contributed by atoms with E-state index < -0.39 is 0 Å². The van der Waals surface area contributed by atoms with Gasteiger partial charge in [-0.15, -0.1) is 0 Å². The summed E-state index contributed by atoms with van der Waals surface area (Å²) in [5, 5.41) is 2.68. The van der Waals surface area contributed by atoms with Crippen molar-refractivity contribution < 1.29 is 0 Å². The Kier molecular flexibility index (Phi) is 8.60. The van der Waals surface area contributed by atoms with Crippen molar-refractivity contribution in [3.8, 4) is 73.2 Å². The van der Waals surface area contributed by atoms with Crippen LogP contribution in [0.25, 0.3) is 95.0 Å². The molecule has 3 aliphatic rings. The number of fused-ring (bicyclic) bond motifs is 12. The molecule has 0 unspecified atom stereocenters. The molecule has 0 fully saturated rings. The standard InChI is InChI=1S/C32H21N.C29H21N3/c1-4-11-24-20(8-1)16-22-18-29-26-12-5-6-14-30(26)33(32(29)19-27(22)24)31-15-7-13-25-23-10-3-2-9-21(23)17-28(25)31;1-19-15-16-22-18-26-23(25(22)17-19)13-8-14-24(26)29-31-27(20-9-4-2-5-10-20)30-28(32-29)21-11-6-3-7-12-21/h1-15,18-19H,16-17H2;2-17H,18H2,1H3. The summed E-state index contributed by atoms with van der Waals surface area (Å²) in [4.78, 5) is 14.7. The second-order valence-corrected chi connectivity index (χ2v) is 17.6. The van der Waals surface area contributed by atoms with Gasteiger partial charge in [0.2, 0.25) is 0 Å². The number of hydrogen-bond acceptors (Lipinski definition) is 3. The Labute approximate surface area is 378 Å². The Morgan fingerprint density at radius 1 is 0.338 bits per heavy atom. The molecule has 0 saturated carbocycles. The molecule has 0 saturated heterocycles. The maximum absolute atomic E-state index is 4.94. The molecule has 14 rings (SSSR count). The summed E-state index contributed by atoms with van der Waals surface area (Å²) in [7, 11) is 0. The molecule has 0 aliphatic heterocycles. The molecule has 0 atom stereocenters. The molecule has 0 amide bonds. The molecule has 65 heavy (non-hydrogen) atoms. The van der Waals surface area contributed by atoms with Gasteiger partial charge in [0.25, 0.3) is 0 Å². The summed E-state index contributed by atoms with van der Waals surface area (Å²) in [6.07, 6.45) is 2.91. The van der Waals surface area contributed by atoms with Crippen molar-refractivity contribution in [3.05, 3.63) is 239 Å². The highest BCUT2D eigenvalue weighted by atomic mass is 15.0. The predicted octanol–water partition coefficient (Wildman–Crippen LogP) is 14.7. The highest BCUT2D eigenvalue weighted by Gasteiger charge is 2.27. The van der Waals surface area contributed by atoms with Crippen molar-refractivity contribution in [1.82, 2.24) is 19.5 Å². The summed E-state index contributed by atoms with van der Waals surface area (Å²) in [6.45, 7) is 2.15. The number of hydrogen-bond donors (Lipinski definition) is 0. The van der Waals surface area contributed by atoms with Crippen molar-refractivity contribution in [1.29, 1.82) is 0 Å². The Balaban J connectivity index is 0.000000130. The van der Waals surface area contributed by atoms with Gasteiger partial charge in [-0.25, -0.2) is 15.0 Å². The molecule has 11 aromatic rings. The van der Waals surface area contributed by atoms with E-state index >= 15 is 0 Å². The molecular weight excluding hydrogens is 789 g/mol. The minimum atomic E-state index is 0.693. The average molecular weight is 831 g/mol. The second-order valence-electron chi connectivity index (χ2n) is 17.6. The topological polar surface area (TPSA) is 43.6 Å². The lowest BCUT2D eigenvalue weighted by Gasteiger charge is -2.14. The van der Waals surface area contributed by atoms with Gasteiger partial charge in [-0.05, 0) is 111 Å². The summed E-state index contributed by atoms with van der Waals surface area (Å²) in [6, 6.07) is 71.7. The molecule has 306 valence electrons. The Morgan fingerprint density at radius 2 is 0.877 bits per heavy atom. The van der Waals surface area contributed by atoms with Crippen LogP contribution < -0.4 is 0 Å². The SMILES string of the molecule is Cc1ccc2c(c1)-c1cccc(-c3nc(-c4ccccc4)nc(-c4ccccc4)n3)c1C2.c1ccc2c(c1)Cc1cc3c4ccccc4n(-c4cccc5c4Cc4ccccc4-5)c3cc1-2. The molecule has 4 nitrogen and oxygen atoms in total. The van der Waals surface area contributed by atoms with Gasteiger partial charge >= 0.3 is 0 Å². The van der Waals surface area contributed by atoms with Gasteiger partial charge in [0.15, 0.2) is 17.5 Å². The third kappa shape index (κ3) is 6.17. The first-order chi connectivity index (χ1) is 32.1. The van der Waals surface area contributed by atoms with Crippen LogP contribution in [0, 0.1) is 6.92 Å². The van der Waals surface area contributed by atoms with Crippen molar-refractivity contribution in [2.75, 3.05) is 0 Å². The zero-order chi connectivity index (χ0) is 43.0. The quantitative estimate of drug-likeness (QED) is 0.177. The summed E-state index contributed by atoms with van der Waals surface area (Å²) < 4.78 is 2.51. The van der Waals surface area contributed by atoms with Gasteiger partial charge in [-0.1, -0.05) is 181 Å². The fourth-order valence-electron chi connectivity index (χ4n) is 10.7. The molecular formula is C61H42N4. The van der Waals surface area contributed by atoms with Crippen LogP contribution in [0.2, 0.25) is 0 Å². The van der Waals surface area contributed by atoms with Crippen LogP contribution in [0.15, 0.2) is 200 Å². The van der Waals surface area contributed by atoms with Gasteiger partial charge in [0.1, 0.15) is 0 Å². The fraction of sp³-hybridized carbons (Fsp3) is 0.0656. The first-order valence-corrected chi connectivity index (χ1v) is 22.6. The Hall–Kier alpha value is -8.21. The van der Waals surface area contributed by atoms with Crippen LogP contribution in [-0.2, 0) is 19.3 Å². The number of aryl methyl sites for hydroxylation is 1. The first kappa shape index (κ1) is 37.4. The van der Waals surface area contributed by atoms with Crippen LogP contribution in [0.4, 0.5) is 0 Å². The molecule has 4 heteroatoms. The average Bonchev–Trinajstić information content (AvgIpc) is 4.13. The lowest BCUT2D eigenvalue weighted by molar-refractivity contribution is 1.07. The van der Waals surface area contributed by atoms with Gasteiger partial charge in [-0.2, -0.15) is 0 Å². The van der Waals surface area contributed by atoms with E-state index in [1.54, 1.807) is 0 Å². The summed E-state index contributed by atoms with van der Waals surface area (Å²) >= 11 is 0. The first-order valence-electron chi connectivity index (χ1n) is 22.6. The maximum atomic E-state index is 4.94. The van der Waals surface area contributed by atoms with Crippen molar-refractivity contribution >= 4 is 21.8 Å². The minimum absolute atomic E-state index is 0.693. The molecule has 0 bridgehead atoms. The van der Waals surface area contributed by atoms with Crippen molar-refractivity contribution in [2.45, 2.75) is 26.2 Å². The van der Waals surface area contributed by atoms with Crippen LogP contribution in [0.5, 0.6) is 0 Å². The van der Waals surface area contributed by atoms with Gasteiger partial charge in [0.05, 0.1) is 16.7 Å². The third-order valence-electron chi connectivity index (χ3n) is 13.7. The number of nitrogens with zero attached hydrogens (tertiary/aromatic N) is 4. The smallest absolute Gasteiger partial charge is 0.164 e. The molecule has 2 heterocycles. The lowest BCUT2D eigenvalue weighted by Crippen LogP contribution is -2.01. The second kappa shape index (κ2) is 15.0. The van der Waals surface area contributed by atoms with Crippen LogP contribution in [-0.4, -0.2) is 19.5 Å². The van der Waals surface area contributed by atoms with Crippen molar-refractivity contribution in [2.24, 2.45) is 0 Å². The molecule has 0 N–H and O–H groups in total. The number of aromatic nitrogens is 4. The molecule has 9 aromatic carbocycles. The van der Waals surface area contributed by atoms with Gasteiger partial charge < -0.3 is 4.57 Å². The van der Waals surface area contributed by atoms with Crippen LogP contribution in [0.3, 0.4) is 0 Å². The lowest BCUT2D eigenvalue weighted by atomic mass is 10.00. The highest BCUT2D eigenvalue weighted by molar-refractivity contribution is 6.11. The molecule has 3 aliphatic carbocycles. The number of benzene rings is 9. The van der Waals surface area contributed by atoms with E-state index in [1.165, 1.54) is 99.8 Å². The van der Waals surface area contributed by atoms with E-state index in [4.69, 9.17) is 15.0 Å². The van der Waals surface area contributed by atoms with E-state index in [2.05, 4.69) is 151 Å². The Morgan fingerprint density at radius 3 is 1.63 bits per heavy atom. The van der Waals surface area contributed by atoms with Crippen LogP contribution >= 0.6 is 0 Å². The largest absolute Gasteiger partial charge is 0.309 e. The van der Waals surface area contributed by atoms with E-state index in [0.717, 1.165) is 41.8 Å². The zero-order valence-electron chi connectivity index (χ0n) is 36.0.